The third-order valence-corrected chi connectivity index (χ3v) is 2.80. The summed E-state index contributed by atoms with van der Waals surface area (Å²) in [5.41, 5.74) is 1.64. The topological polar surface area (TPSA) is 50.8 Å². The fourth-order valence-electron chi connectivity index (χ4n) is 2.00. The summed E-state index contributed by atoms with van der Waals surface area (Å²) in [7, 11) is 3.15. The number of nitrogens with one attached hydrogen (secondary N) is 1. The van der Waals surface area contributed by atoms with E-state index in [1.807, 2.05) is 11.0 Å². The van der Waals surface area contributed by atoms with Gasteiger partial charge in [0.15, 0.2) is 11.5 Å². The van der Waals surface area contributed by atoms with Crippen molar-refractivity contribution in [3.8, 4) is 11.5 Å². The Morgan fingerprint density at radius 1 is 1.39 bits per heavy atom. The summed E-state index contributed by atoms with van der Waals surface area (Å²) in [5.74, 6) is 1.19. The van der Waals surface area contributed by atoms with Gasteiger partial charge in [-0.25, -0.2) is 0 Å². The average Bonchev–Trinajstić information content (AvgIpc) is 2.37. The summed E-state index contributed by atoms with van der Waals surface area (Å²) >= 11 is 0. The summed E-state index contributed by atoms with van der Waals surface area (Å²) in [6, 6.07) is 3.62. The number of rotatable bonds is 4. The minimum Gasteiger partial charge on any atom is -0.493 e. The Balaban J connectivity index is 2.49. The van der Waals surface area contributed by atoms with E-state index in [9.17, 15) is 4.79 Å². The van der Waals surface area contributed by atoms with Gasteiger partial charge in [-0.2, -0.15) is 0 Å². The fourth-order valence-corrected chi connectivity index (χ4v) is 2.00. The van der Waals surface area contributed by atoms with E-state index in [1.165, 1.54) is 0 Å². The van der Waals surface area contributed by atoms with Crippen molar-refractivity contribution in [2.75, 3.05) is 37.5 Å². The molecule has 2 rings (SSSR count). The summed E-state index contributed by atoms with van der Waals surface area (Å²) in [6.07, 6.45) is 1.76. The Labute approximate surface area is 106 Å². The minimum absolute atomic E-state index is 0.0448. The second-order valence-electron chi connectivity index (χ2n) is 3.94. The molecule has 1 aromatic rings. The summed E-state index contributed by atoms with van der Waals surface area (Å²) in [6.45, 7) is 4.62. The first-order chi connectivity index (χ1) is 8.69. The van der Waals surface area contributed by atoms with E-state index in [2.05, 4.69) is 11.9 Å². The predicted octanol–water partition coefficient (Wildman–Crippen LogP) is 1.65. The number of ether oxygens (including phenoxy) is 2. The van der Waals surface area contributed by atoms with Crippen LogP contribution in [0.5, 0.6) is 11.5 Å². The molecule has 1 N–H and O–H groups in total. The Hall–Kier alpha value is -2.17. The number of carbonyl (C=O) groups is 1. The van der Waals surface area contributed by atoms with Gasteiger partial charge in [-0.05, 0) is 0 Å². The first kappa shape index (κ1) is 12.3. The molecule has 1 heterocycles. The number of fused-ring (bicyclic) bond motifs is 1. The largest absolute Gasteiger partial charge is 0.493 e. The molecule has 5 nitrogen and oxygen atoms in total. The van der Waals surface area contributed by atoms with Crippen molar-refractivity contribution in [3.63, 3.8) is 0 Å². The van der Waals surface area contributed by atoms with E-state index >= 15 is 0 Å². The highest BCUT2D eigenvalue weighted by Crippen LogP contribution is 2.39. The van der Waals surface area contributed by atoms with Gasteiger partial charge in [-0.1, -0.05) is 6.08 Å². The van der Waals surface area contributed by atoms with Crippen LogP contribution in [-0.4, -0.2) is 33.2 Å². The lowest BCUT2D eigenvalue weighted by atomic mass is 10.1. The van der Waals surface area contributed by atoms with Crippen LogP contribution in [0.25, 0.3) is 0 Å². The van der Waals surface area contributed by atoms with Crippen molar-refractivity contribution >= 4 is 17.3 Å². The Morgan fingerprint density at radius 3 is 2.67 bits per heavy atom. The Bertz CT molecular complexity index is 485. The van der Waals surface area contributed by atoms with E-state index in [4.69, 9.17) is 9.47 Å². The predicted molar refractivity (Wildman–Crippen MR) is 70.6 cm³/mol. The normalized spacial score (nSPS) is 13.7. The molecule has 0 spiro atoms. The zero-order valence-corrected chi connectivity index (χ0v) is 10.5. The van der Waals surface area contributed by atoms with Crippen molar-refractivity contribution in [3.05, 3.63) is 24.8 Å². The second-order valence-corrected chi connectivity index (χ2v) is 3.94. The smallest absolute Gasteiger partial charge is 0.243 e. The zero-order chi connectivity index (χ0) is 13.1. The third kappa shape index (κ3) is 2.11. The summed E-state index contributed by atoms with van der Waals surface area (Å²) < 4.78 is 10.5. The monoisotopic (exact) mass is 248 g/mol. The number of hydrogen-bond donors (Lipinski definition) is 1. The maximum atomic E-state index is 11.6. The lowest BCUT2D eigenvalue weighted by Crippen LogP contribution is -2.38. The van der Waals surface area contributed by atoms with Gasteiger partial charge in [0.1, 0.15) is 0 Å². The molecule has 1 amide bonds. The molecule has 0 aliphatic carbocycles. The number of anilines is 2. The van der Waals surface area contributed by atoms with Crippen LogP contribution in [0.3, 0.4) is 0 Å². The fraction of sp³-hybridized carbons (Fsp3) is 0.308. The van der Waals surface area contributed by atoms with Crippen molar-refractivity contribution in [1.82, 2.24) is 0 Å². The highest BCUT2D eigenvalue weighted by molar-refractivity contribution is 6.01. The highest BCUT2D eigenvalue weighted by Gasteiger charge is 2.23. The van der Waals surface area contributed by atoms with Crippen molar-refractivity contribution in [1.29, 1.82) is 0 Å². The SMILES string of the molecule is C=CCN1CC(=O)Nc2cc(OC)c(OC)cc21. The molecule has 0 unspecified atom stereocenters. The third-order valence-electron chi connectivity index (χ3n) is 2.80. The lowest BCUT2D eigenvalue weighted by Gasteiger charge is -2.30. The van der Waals surface area contributed by atoms with E-state index < -0.39 is 0 Å². The van der Waals surface area contributed by atoms with Crippen molar-refractivity contribution in [2.45, 2.75) is 0 Å². The van der Waals surface area contributed by atoms with E-state index in [0.717, 1.165) is 11.4 Å². The van der Waals surface area contributed by atoms with Crippen LogP contribution in [0.15, 0.2) is 24.8 Å². The molecular weight excluding hydrogens is 232 g/mol. The quantitative estimate of drug-likeness (QED) is 0.823. The standard InChI is InChI=1S/C13H16N2O3/c1-4-5-15-8-13(16)14-9-6-11(17-2)12(18-3)7-10(9)15/h4,6-7H,1,5,8H2,2-3H3,(H,14,16). The van der Waals surface area contributed by atoms with Gasteiger partial charge in [0.2, 0.25) is 5.91 Å². The lowest BCUT2D eigenvalue weighted by molar-refractivity contribution is -0.115. The van der Waals surface area contributed by atoms with Gasteiger partial charge >= 0.3 is 0 Å². The first-order valence-electron chi connectivity index (χ1n) is 5.61. The molecule has 0 saturated carbocycles. The van der Waals surface area contributed by atoms with Crippen molar-refractivity contribution < 1.29 is 14.3 Å². The van der Waals surface area contributed by atoms with Crippen LogP contribution in [0, 0.1) is 0 Å². The number of methoxy groups -OCH3 is 2. The van der Waals surface area contributed by atoms with Gasteiger partial charge in [0.05, 0.1) is 32.1 Å². The molecule has 1 aliphatic rings. The first-order valence-corrected chi connectivity index (χ1v) is 5.61. The molecule has 0 bridgehead atoms. The van der Waals surface area contributed by atoms with Crippen LogP contribution >= 0.6 is 0 Å². The zero-order valence-electron chi connectivity index (χ0n) is 10.5. The molecule has 0 aromatic heterocycles. The van der Waals surface area contributed by atoms with E-state index in [1.54, 1.807) is 26.4 Å². The molecular formula is C13H16N2O3. The Morgan fingerprint density at radius 2 is 2.06 bits per heavy atom. The van der Waals surface area contributed by atoms with Crippen LogP contribution < -0.4 is 19.7 Å². The van der Waals surface area contributed by atoms with Gasteiger partial charge in [0.25, 0.3) is 0 Å². The number of benzene rings is 1. The van der Waals surface area contributed by atoms with Crippen LogP contribution in [0.4, 0.5) is 11.4 Å². The second kappa shape index (κ2) is 5.00. The van der Waals surface area contributed by atoms with Crippen molar-refractivity contribution in [2.24, 2.45) is 0 Å². The summed E-state index contributed by atoms with van der Waals surface area (Å²) in [4.78, 5) is 13.5. The maximum Gasteiger partial charge on any atom is 0.243 e. The highest BCUT2D eigenvalue weighted by atomic mass is 16.5. The molecule has 5 heteroatoms. The van der Waals surface area contributed by atoms with Gasteiger partial charge < -0.3 is 19.7 Å². The molecule has 1 aromatic carbocycles. The molecule has 0 radical (unpaired) electrons. The minimum atomic E-state index is -0.0448. The maximum absolute atomic E-state index is 11.6. The summed E-state index contributed by atoms with van der Waals surface area (Å²) in [5, 5.41) is 2.82. The Kier molecular flexibility index (Phi) is 3.41. The number of nitrogens with zero attached hydrogens (tertiary/aromatic N) is 1. The molecule has 0 fully saturated rings. The van der Waals surface area contributed by atoms with E-state index in [0.29, 0.717) is 24.6 Å². The average molecular weight is 248 g/mol. The van der Waals surface area contributed by atoms with Gasteiger partial charge in [-0.3, -0.25) is 4.79 Å². The number of hydrogen-bond acceptors (Lipinski definition) is 4. The van der Waals surface area contributed by atoms with Gasteiger partial charge in [0, 0.05) is 18.7 Å². The van der Waals surface area contributed by atoms with Crippen LogP contribution in [0.2, 0.25) is 0 Å². The molecule has 96 valence electrons. The number of amides is 1. The van der Waals surface area contributed by atoms with Crippen LogP contribution in [0.1, 0.15) is 0 Å². The molecule has 0 saturated heterocycles. The van der Waals surface area contributed by atoms with Crippen LogP contribution in [-0.2, 0) is 4.79 Å². The molecule has 1 aliphatic heterocycles. The van der Waals surface area contributed by atoms with Gasteiger partial charge in [-0.15, -0.1) is 6.58 Å². The van der Waals surface area contributed by atoms with E-state index in [-0.39, 0.29) is 5.91 Å². The molecule has 18 heavy (non-hydrogen) atoms. The molecule has 0 atom stereocenters. The number of carbonyl (C=O) groups excluding carboxylic acids is 1.